The molecule has 0 fully saturated rings. The fraction of sp³-hybridized carbons (Fsp3) is 0.200. The second-order valence-corrected chi connectivity index (χ2v) is 5.25. The van der Waals surface area contributed by atoms with Gasteiger partial charge in [0.05, 0.1) is 11.3 Å². The molecule has 1 aliphatic rings. The van der Waals surface area contributed by atoms with E-state index in [4.69, 9.17) is 0 Å². The second kappa shape index (κ2) is 4.80. The maximum absolute atomic E-state index is 12.0. The molecule has 0 amide bonds. The summed E-state index contributed by atoms with van der Waals surface area (Å²) < 4.78 is 1.66. The van der Waals surface area contributed by atoms with Gasteiger partial charge in [-0.3, -0.25) is 9.78 Å². The van der Waals surface area contributed by atoms with Gasteiger partial charge < -0.3 is 4.98 Å². The molecule has 0 saturated heterocycles. The number of rotatable bonds is 2. The first-order valence-electron chi connectivity index (χ1n) is 7.08. The Bertz CT molecular complexity index is 1010. The Morgan fingerprint density at radius 1 is 1.23 bits per heavy atom. The van der Waals surface area contributed by atoms with Crippen LogP contribution in [0.4, 0.5) is 0 Å². The average Bonchev–Trinajstić information content (AvgIpc) is 3.17. The molecule has 0 unspecified atom stereocenters. The molecular weight excluding hydrogens is 282 g/mol. The van der Waals surface area contributed by atoms with Gasteiger partial charge in [-0.05, 0) is 30.9 Å². The summed E-state index contributed by atoms with van der Waals surface area (Å²) in [6, 6.07) is 1.86. The molecule has 0 saturated carbocycles. The minimum Gasteiger partial charge on any atom is -0.313 e. The zero-order valence-electron chi connectivity index (χ0n) is 11.7. The number of hydrogen-bond acceptors (Lipinski definition) is 4. The lowest BCUT2D eigenvalue weighted by atomic mass is 10.1. The lowest BCUT2D eigenvalue weighted by Gasteiger charge is -2.07. The first kappa shape index (κ1) is 12.8. The van der Waals surface area contributed by atoms with E-state index in [1.54, 1.807) is 16.9 Å². The summed E-state index contributed by atoms with van der Waals surface area (Å²) >= 11 is 0. The molecule has 0 spiro atoms. The van der Waals surface area contributed by atoms with Crippen molar-refractivity contribution >= 4 is 11.2 Å². The molecule has 3 aromatic rings. The van der Waals surface area contributed by atoms with Gasteiger partial charge >= 0.3 is 5.69 Å². The number of fused-ring (bicyclic) bond motifs is 1. The van der Waals surface area contributed by atoms with Gasteiger partial charge in [-0.15, -0.1) is 0 Å². The largest absolute Gasteiger partial charge is 0.325 e. The molecule has 22 heavy (non-hydrogen) atoms. The Labute approximate surface area is 124 Å². The van der Waals surface area contributed by atoms with E-state index in [1.807, 2.05) is 6.07 Å². The number of nitrogens with zero attached hydrogens (tertiary/aromatic N) is 3. The van der Waals surface area contributed by atoms with E-state index in [0.29, 0.717) is 11.3 Å². The van der Waals surface area contributed by atoms with Gasteiger partial charge in [-0.1, -0.05) is 6.08 Å². The molecule has 7 nitrogen and oxygen atoms in total. The topological polar surface area (TPSA) is 95.9 Å². The second-order valence-electron chi connectivity index (χ2n) is 5.25. The average molecular weight is 295 g/mol. The number of aromatic nitrogens is 5. The summed E-state index contributed by atoms with van der Waals surface area (Å²) in [4.78, 5) is 32.2. The summed E-state index contributed by atoms with van der Waals surface area (Å²) in [5, 5.41) is 4.41. The first-order valence-corrected chi connectivity index (χ1v) is 7.08. The highest BCUT2D eigenvalue weighted by Gasteiger charge is 2.16. The van der Waals surface area contributed by atoms with Crippen LogP contribution in [0.25, 0.3) is 22.5 Å². The minimum atomic E-state index is -0.531. The first-order chi connectivity index (χ1) is 10.7. The normalized spacial score (nSPS) is 14.5. The summed E-state index contributed by atoms with van der Waals surface area (Å²) in [7, 11) is 0. The molecule has 110 valence electrons. The Kier molecular flexibility index (Phi) is 2.78. The maximum atomic E-state index is 12.0. The molecule has 0 aromatic carbocycles. The molecule has 7 heteroatoms. The molecule has 4 rings (SSSR count). The van der Waals surface area contributed by atoms with Crippen LogP contribution in [0.2, 0.25) is 0 Å². The fourth-order valence-electron chi connectivity index (χ4n) is 2.80. The van der Waals surface area contributed by atoms with Crippen LogP contribution in [-0.4, -0.2) is 24.6 Å². The quantitative estimate of drug-likeness (QED) is 0.745. The van der Waals surface area contributed by atoms with Gasteiger partial charge in [-0.25, -0.2) is 14.3 Å². The fourth-order valence-corrected chi connectivity index (χ4v) is 2.80. The van der Waals surface area contributed by atoms with Gasteiger partial charge in [-0.2, -0.15) is 5.10 Å². The summed E-state index contributed by atoms with van der Waals surface area (Å²) in [6.45, 7) is 0. The van der Waals surface area contributed by atoms with Crippen LogP contribution in [-0.2, 0) is 0 Å². The van der Waals surface area contributed by atoms with Crippen molar-refractivity contribution in [2.24, 2.45) is 0 Å². The number of aromatic amines is 2. The molecular formula is C15H13N5O2. The Morgan fingerprint density at radius 3 is 2.91 bits per heavy atom. The predicted molar refractivity (Wildman–Crippen MR) is 81.5 cm³/mol. The SMILES string of the molecule is O=c1[nH]cc(-c2cc(C3=CCCC3)c3nccn3n2)c(=O)[nH]1. The smallest absolute Gasteiger partial charge is 0.313 e. The van der Waals surface area contributed by atoms with Crippen LogP contribution < -0.4 is 11.2 Å². The van der Waals surface area contributed by atoms with Crippen LogP contribution in [0, 0.1) is 0 Å². The van der Waals surface area contributed by atoms with Crippen molar-refractivity contribution in [3.05, 3.63) is 57.1 Å². The minimum absolute atomic E-state index is 0.329. The molecule has 0 atom stereocenters. The molecule has 0 bridgehead atoms. The lowest BCUT2D eigenvalue weighted by molar-refractivity contribution is 0.920. The Morgan fingerprint density at radius 2 is 2.14 bits per heavy atom. The highest BCUT2D eigenvalue weighted by molar-refractivity contribution is 5.79. The van der Waals surface area contributed by atoms with Crippen LogP contribution in [0.1, 0.15) is 24.8 Å². The van der Waals surface area contributed by atoms with Gasteiger partial charge in [0, 0.05) is 24.2 Å². The summed E-state index contributed by atoms with van der Waals surface area (Å²) in [5.41, 5.74) is 2.83. The number of nitrogens with one attached hydrogen (secondary N) is 2. The van der Waals surface area contributed by atoms with Crippen molar-refractivity contribution in [1.29, 1.82) is 0 Å². The van der Waals surface area contributed by atoms with Crippen molar-refractivity contribution < 1.29 is 0 Å². The van der Waals surface area contributed by atoms with Gasteiger partial charge in [0.15, 0.2) is 5.65 Å². The zero-order chi connectivity index (χ0) is 15.1. The summed E-state index contributed by atoms with van der Waals surface area (Å²) in [6.07, 6.45) is 10.2. The number of H-pyrrole nitrogens is 2. The van der Waals surface area contributed by atoms with Crippen LogP contribution in [0.3, 0.4) is 0 Å². The standard InChI is InChI=1S/C15H13N5O2/c21-14-11(8-17-15(22)18-14)12-7-10(9-3-1-2-4-9)13-16-5-6-20(13)19-12/h3,5-8H,1-2,4H2,(H2,17,18,21,22). The molecule has 2 N–H and O–H groups in total. The van der Waals surface area contributed by atoms with E-state index in [2.05, 4.69) is 26.1 Å². The lowest BCUT2D eigenvalue weighted by Crippen LogP contribution is -2.23. The molecule has 1 aliphatic carbocycles. The van der Waals surface area contributed by atoms with Crippen molar-refractivity contribution in [1.82, 2.24) is 24.6 Å². The Balaban J connectivity index is 1.99. The molecule has 3 heterocycles. The third-order valence-electron chi connectivity index (χ3n) is 3.84. The van der Waals surface area contributed by atoms with Crippen LogP contribution >= 0.6 is 0 Å². The van der Waals surface area contributed by atoms with Crippen LogP contribution in [0.15, 0.2) is 40.3 Å². The van der Waals surface area contributed by atoms with E-state index >= 15 is 0 Å². The third kappa shape index (κ3) is 1.98. The maximum Gasteiger partial charge on any atom is 0.325 e. The zero-order valence-corrected chi connectivity index (χ0v) is 11.7. The van der Waals surface area contributed by atoms with Crippen molar-refractivity contribution in [2.45, 2.75) is 19.3 Å². The van der Waals surface area contributed by atoms with E-state index in [9.17, 15) is 9.59 Å². The highest BCUT2D eigenvalue weighted by atomic mass is 16.2. The summed E-state index contributed by atoms with van der Waals surface area (Å²) in [5.74, 6) is 0. The van der Waals surface area contributed by atoms with E-state index in [-0.39, 0.29) is 0 Å². The Hall–Kier alpha value is -2.96. The predicted octanol–water partition coefficient (Wildman–Crippen LogP) is 1.34. The molecule has 3 aromatic heterocycles. The van der Waals surface area contributed by atoms with E-state index in [1.165, 1.54) is 11.8 Å². The van der Waals surface area contributed by atoms with Crippen molar-refractivity contribution in [2.75, 3.05) is 0 Å². The molecule has 0 radical (unpaired) electrons. The molecule has 0 aliphatic heterocycles. The third-order valence-corrected chi connectivity index (χ3v) is 3.84. The highest BCUT2D eigenvalue weighted by Crippen LogP contribution is 2.31. The van der Waals surface area contributed by atoms with Crippen LogP contribution in [0.5, 0.6) is 0 Å². The van der Waals surface area contributed by atoms with E-state index in [0.717, 1.165) is 30.5 Å². The number of hydrogen-bond donors (Lipinski definition) is 2. The number of allylic oxidation sites excluding steroid dienone is 2. The van der Waals surface area contributed by atoms with E-state index < -0.39 is 11.2 Å². The van der Waals surface area contributed by atoms with Gasteiger partial charge in [0.25, 0.3) is 5.56 Å². The monoisotopic (exact) mass is 295 g/mol. The number of imidazole rings is 1. The van der Waals surface area contributed by atoms with Gasteiger partial charge in [0.2, 0.25) is 0 Å². The van der Waals surface area contributed by atoms with Crippen molar-refractivity contribution in [3.63, 3.8) is 0 Å². The van der Waals surface area contributed by atoms with Crippen molar-refractivity contribution in [3.8, 4) is 11.3 Å². The van der Waals surface area contributed by atoms with Gasteiger partial charge in [0.1, 0.15) is 0 Å².